The van der Waals surface area contributed by atoms with Crippen molar-refractivity contribution in [2.24, 2.45) is 0 Å². The molecule has 0 aliphatic carbocycles. The summed E-state index contributed by atoms with van der Waals surface area (Å²) in [6, 6.07) is 10.9. The molecule has 2 heterocycles. The van der Waals surface area contributed by atoms with Crippen molar-refractivity contribution in [2.75, 3.05) is 0 Å². The highest BCUT2D eigenvalue weighted by atomic mass is 16.4. The van der Waals surface area contributed by atoms with E-state index < -0.39 is 5.97 Å². The highest BCUT2D eigenvalue weighted by Crippen LogP contribution is 2.20. The van der Waals surface area contributed by atoms with Gasteiger partial charge in [0.25, 0.3) is 0 Å². The van der Waals surface area contributed by atoms with Gasteiger partial charge < -0.3 is 10.1 Å². The third-order valence-corrected chi connectivity index (χ3v) is 3.31. The molecule has 0 amide bonds. The van der Waals surface area contributed by atoms with Crippen LogP contribution in [0.3, 0.4) is 0 Å². The van der Waals surface area contributed by atoms with Gasteiger partial charge in [-0.1, -0.05) is 30.3 Å². The maximum Gasteiger partial charge on any atom is 0.357 e. The molecule has 0 aliphatic heterocycles. The average Bonchev–Trinajstić information content (AvgIpc) is 2.79. The SMILES string of the molecule is Cc1cc(=O)[nH]c2c1c(C(=O)O)nn2Cc1ccccc1. The highest BCUT2D eigenvalue weighted by molar-refractivity contribution is 6.01. The summed E-state index contributed by atoms with van der Waals surface area (Å²) in [6.07, 6.45) is 0. The number of pyridine rings is 1. The Morgan fingerprint density at radius 2 is 2.05 bits per heavy atom. The summed E-state index contributed by atoms with van der Waals surface area (Å²) in [5, 5.41) is 13.9. The largest absolute Gasteiger partial charge is 0.476 e. The number of H-pyrrole nitrogens is 1. The zero-order valence-corrected chi connectivity index (χ0v) is 11.3. The second-order valence-electron chi connectivity index (χ2n) is 4.84. The Balaban J connectivity index is 2.23. The van der Waals surface area contributed by atoms with Gasteiger partial charge in [0.2, 0.25) is 5.56 Å². The molecule has 6 heteroatoms. The summed E-state index contributed by atoms with van der Waals surface area (Å²) in [7, 11) is 0. The van der Waals surface area contributed by atoms with Gasteiger partial charge >= 0.3 is 5.97 Å². The molecule has 0 spiro atoms. The zero-order valence-electron chi connectivity index (χ0n) is 11.3. The summed E-state index contributed by atoms with van der Waals surface area (Å²) in [5.74, 6) is -1.11. The number of rotatable bonds is 3. The van der Waals surface area contributed by atoms with Crippen LogP contribution in [0.5, 0.6) is 0 Å². The van der Waals surface area contributed by atoms with E-state index in [1.807, 2.05) is 30.3 Å². The quantitative estimate of drug-likeness (QED) is 0.767. The van der Waals surface area contributed by atoms with Crippen LogP contribution in [0.15, 0.2) is 41.2 Å². The van der Waals surface area contributed by atoms with Crippen LogP contribution in [-0.4, -0.2) is 25.8 Å². The Morgan fingerprint density at radius 1 is 1.33 bits per heavy atom. The Morgan fingerprint density at radius 3 is 2.71 bits per heavy atom. The number of carboxylic acids is 1. The fourth-order valence-corrected chi connectivity index (χ4v) is 2.40. The minimum Gasteiger partial charge on any atom is -0.476 e. The Labute approximate surface area is 119 Å². The topological polar surface area (TPSA) is 88.0 Å². The average molecular weight is 283 g/mol. The van der Waals surface area contributed by atoms with E-state index in [0.29, 0.717) is 23.1 Å². The first-order chi connectivity index (χ1) is 10.1. The van der Waals surface area contributed by atoms with Gasteiger partial charge in [0.05, 0.1) is 11.9 Å². The summed E-state index contributed by atoms with van der Waals surface area (Å²) in [6.45, 7) is 2.10. The van der Waals surface area contributed by atoms with Gasteiger partial charge in [-0.25, -0.2) is 9.48 Å². The number of benzene rings is 1. The van der Waals surface area contributed by atoms with Crippen LogP contribution in [0, 0.1) is 6.92 Å². The molecular weight excluding hydrogens is 270 g/mol. The minimum absolute atomic E-state index is 0.0466. The van der Waals surface area contributed by atoms with Crippen LogP contribution in [-0.2, 0) is 6.54 Å². The first-order valence-electron chi connectivity index (χ1n) is 6.44. The van der Waals surface area contributed by atoms with E-state index in [0.717, 1.165) is 5.56 Å². The van der Waals surface area contributed by atoms with Crippen LogP contribution < -0.4 is 5.56 Å². The first kappa shape index (κ1) is 13.1. The lowest BCUT2D eigenvalue weighted by Gasteiger charge is -2.03. The van der Waals surface area contributed by atoms with E-state index in [1.54, 1.807) is 6.92 Å². The Bertz CT molecular complexity index is 878. The maximum absolute atomic E-state index is 11.6. The van der Waals surface area contributed by atoms with Crippen LogP contribution in [0.25, 0.3) is 11.0 Å². The molecule has 106 valence electrons. The highest BCUT2D eigenvalue weighted by Gasteiger charge is 2.19. The third-order valence-electron chi connectivity index (χ3n) is 3.31. The summed E-state index contributed by atoms with van der Waals surface area (Å²) < 4.78 is 1.52. The van der Waals surface area contributed by atoms with Gasteiger partial charge in [-0.05, 0) is 18.1 Å². The molecule has 2 aromatic heterocycles. The molecule has 0 saturated carbocycles. The van der Waals surface area contributed by atoms with Crippen molar-refractivity contribution in [1.82, 2.24) is 14.8 Å². The van der Waals surface area contributed by atoms with Crippen molar-refractivity contribution in [1.29, 1.82) is 0 Å². The number of fused-ring (bicyclic) bond motifs is 1. The molecule has 0 unspecified atom stereocenters. The van der Waals surface area contributed by atoms with E-state index in [2.05, 4.69) is 10.1 Å². The summed E-state index contributed by atoms with van der Waals surface area (Å²) >= 11 is 0. The van der Waals surface area contributed by atoms with Crippen molar-refractivity contribution in [3.8, 4) is 0 Å². The molecule has 0 aliphatic rings. The van der Waals surface area contributed by atoms with E-state index in [1.165, 1.54) is 10.7 Å². The molecule has 0 bridgehead atoms. The van der Waals surface area contributed by atoms with E-state index in [9.17, 15) is 14.7 Å². The summed E-state index contributed by atoms with van der Waals surface area (Å²) in [4.78, 5) is 25.7. The summed E-state index contributed by atoms with van der Waals surface area (Å²) in [5.41, 5.74) is 1.69. The van der Waals surface area contributed by atoms with Crippen molar-refractivity contribution < 1.29 is 9.90 Å². The molecule has 21 heavy (non-hydrogen) atoms. The van der Waals surface area contributed by atoms with Gasteiger partial charge in [-0.3, -0.25) is 4.79 Å². The molecule has 0 radical (unpaired) electrons. The minimum atomic E-state index is -1.11. The van der Waals surface area contributed by atoms with Gasteiger partial charge in [0.1, 0.15) is 5.65 Å². The maximum atomic E-state index is 11.6. The number of aromatic amines is 1. The number of aromatic carboxylic acids is 1. The number of aryl methyl sites for hydroxylation is 1. The van der Waals surface area contributed by atoms with Gasteiger partial charge in [0.15, 0.2) is 5.69 Å². The smallest absolute Gasteiger partial charge is 0.357 e. The Hall–Kier alpha value is -2.89. The first-order valence-corrected chi connectivity index (χ1v) is 6.44. The number of aromatic nitrogens is 3. The van der Waals surface area contributed by atoms with E-state index >= 15 is 0 Å². The van der Waals surface area contributed by atoms with Crippen LogP contribution in [0.4, 0.5) is 0 Å². The monoisotopic (exact) mass is 283 g/mol. The predicted molar refractivity (Wildman–Crippen MR) is 77.6 cm³/mol. The van der Waals surface area contributed by atoms with Gasteiger partial charge in [0, 0.05) is 6.07 Å². The molecule has 0 fully saturated rings. The number of nitrogens with zero attached hydrogens (tertiary/aromatic N) is 2. The number of carboxylic acid groups (broad SMARTS) is 1. The molecule has 2 N–H and O–H groups in total. The molecule has 6 nitrogen and oxygen atoms in total. The lowest BCUT2D eigenvalue weighted by Crippen LogP contribution is -2.09. The number of nitrogens with one attached hydrogen (secondary N) is 1. The standard InChI is InChI=1S/C15H13N3O3/c1-9-7-11(19)16-14-12(9)13(15(20)21)17-18(14)8-10-5-3-2-4-6-10/h2-7H,8H2,1H3,(H,16,19)(H,20,21). The van der Waals surface area contributed by atoms with Crippen molar-refractivity contribution in [3.05, 3.63) is 63.6 Å². The number of hydrogen-bond donors (Lipinski definition) is 2. The normalized spacial score (nSPS) is 10.9. The van der Waals surface area contributed by atoms with E-state index in [-0.39, 0.29) is 11.3 Å². The molecule has 3 aromatic rings. The predicted octanol–water partition coefficient (Wildman–Crippen LogP) is 1.78. The zero-order chi connectivity index (χ0) is 15.0. The lowest BCUT2D eigenvalue weighted by molar-refractivity contribution is 0.0691. The second-order valence-corrected chi connectivity index (χ2v) is 4.84. The fourth-order valence-electron chi connectivity index (χ4n) is 2.40. The Kier molecular flexibility index (Phi) is 3.06. The van der Waals surface area contributed by atoms with E-state index in [4.69, 9.17) is 0 Å². The van der Waals surface area contributed by atoms with Crippen molar-refractivity contribution >= 4 is 17.0 Å². The van der Waals surface area contributed by atoms with Crippen LogP contribution in [0.1, 0.15) is 21.6 Å². The molecule has 0 saturated heterocycles. The molecule has 1 aromatic carbocycles. The van der Waals surface area contributed by atoms with Gasteiger partial charge in [-0.15, -0.1) is 0 Å². The number of hydrogen-bond acceptors (Lipinski definition) is 3. The van der Waals surface area contributed by atoms with Crippen LogP contribution >= 0.6 is 0 Å². The molecule has 3 rings (SSSR count). The third kappa shape index (κ3) is 2.31. The van der Waals surface area contributed by atoms with Crippen molar-refractivity contribution in [2.45, 2.75) is 13.5 Å². The van der Waals surface area contributed by atoms with Crippen LogP contribution in [0.2, 0.25) is 0 Å². The van der Waals surface area contributed by atoms with Gasteiger partial charge in [-0.2, -0.15) is 5.10 Å². The second kappa shape index (κ2) is 4.90. The molecule has 0 atom stereocenters. The molecular formula is C15H13N3O3. The number of carbonyl (C=O) groups is 1. The lowest BCUT2D eigenvalue weighted by atomic mass is 10.1. The van der Waals surface area contributed by atoms with Crippen molar-refractivity contribution in [3.63, 3.8) is 0 Å². The fraction of sp³-hybridized carbons (Fsp3) is 0.133.